The quantitative estimate of drug-likeness (QED) is 0.615. The topological polar surface area (TPSA) is 20.3 Å². The van der Waals surface area contributed by atoms with Crippen LogP contribution in [0.25, 0.3) is 0 Å². The summed E-state index contributed by atoms with van der Waals surface area (Å²) >= 11 is 9.92. The first-order valence-electron chi connectivity index (χ1n) is 5.57. The minimum Gasteiger partial charge on any atom is -0.288 e. The second-order valence-corrected chi connectivity index (χ2v) is 7.31. The summed E-state index contributed by atoms with van der Waals surface area (Å²) in [5.41, 5.74) is 1.09. The maximum Gasteiger partial charge on any atom is 0.268 e. The third kappa shape index (κ3) is 3.37. The van der Waals surface area contributed by atoms with Crippen LogP contribution in [-0.2, 0) is 11.3 Å². The maximum absolute atomic E-state index is 12.4. The summed E-state index contributed by atoms with van der Waals surface area (Å²) in [6.45, 7) is 0.547. The van der Waals surface area contributed by atoms with E-state index in [-0.39, 0.29) is 5.91 Å². The molecule has 1 amide bonds. The maximum atomic E-state index is 12.4. The van der Waals surface area contributed by atoms with Crippen LogP contribution in [0, 0.1) is 0 Å². The van der Waals surface area contributed by atoms with Crippen LogP contribution in [0.3, 0.4) is 0 Å². The van der Waals surface area contributed by atoms with Gasteiger partial charge in [0.1, 0.15) is 4.32 Å². The van der Waals surface area contributed by atoms with Crippen molar-refractivity contribution in [3.05, 3.63) is 45.0 Å². The second kappa shape index (κ2) is 6.83. The van der Waals surface area contributed by atoms with E-state index in [1.54, 1.807) is 28.4 Å². The Labute approximate surface area is 131 Å². The van der Waals surface area contributed by atoms with E-state index in [0.29, 0.717) is 10.9 Å². The van der Waals surface area contributed by atoms with E-state index in [4.69, 9.17) is 12.2 Å². The first kappa shape index (κ1) is 15.0. The van der Waals surface area contributed by atoms with Gasteiger partial charge in [0.05, 0.1) is 15.7 Å². The van der Waals surface area contributed by atoms with E-state index in [0.717, 1.165) is 14.7 Å². The Hall–Kier alpha value is -0.430. The molecule has 0 aromatic heterocycles. The summed E-state index contributed by atoms with van der Waals surface area (Å²) in [5, 5.41) is 0. The molecule has 1 aliphatic rings. The van der Waals surface area contributed by atoms with Crippen molar-refractivity contribution in [1.82, 2.24) is 4.90 Å². The predicted octanol–water partition coefficient (Wildman–Crippen LogP) is 3.94. The average Bonchev–Trinajstić information content (AvgIpc) is 2.70. The molecule has 1 aromatic carbocycles. The average molecular weight is 328 g/mol. The molecule has 2 rings (SSSR count). The Morgan fingerprint density at radius 1 is 1.26 bits per heavy atom. The Morgan fingerprint density at radius 2 is 1.89 bits per heavy atom. The second-order valence-electron chi connectivity index (χ2n) is 3.77. The van der Waals surface area contributed by atoms with Crippen LogP contribution < -0.4 is 0 Å². The molecule has 2 nitrogen and oxygen atoms in total. The number of rotatable bonds is 4. The van der Waals surface area contributed by atoms with Gasteiger partial charge in [0.2, 0.25) is 0 Å². The molecular weight excluding hydrogens is 314 g/mol. The highest BCUT2D eigenvalue weighted by molar-refractivity contribution is 8.29. The van der Waals surface area contributed by atoms with Gasteiger partial charge in [0.15, 0.2) is 0 Å². The molecule has 1 aromatic rings. The van der Waals surface area contributed by atoms with Gasteiger partial charge in [-0.05, 0) is 18.1 Å². The van der Waals surface area contributed by atoms with E-state index in [9.17, 15) is 4.79 Å². The highest BCUT2D eigenvalue weighted by Crippen LogP contribution is 2.40. The molecule has 6 heteroatoms. The first-order valence-corrected chi connectivity index (χ1v) is 9.24. The number of thiocarbonyl (C=S) groups is 1. The number of benzene rings is 1. The lowest BCUT2D eigenvalue weighted by atomic mass is 10.2. The zero-order valence-electron chi connectivity index (χ0n) is 10.6. The van der Waals surface area contributed by atoms with Crippen molar-refractivity contribution in [3.8, 4) is 0 Å². The molecule has 0 bridgehead atoms. The largest absolute Gasteiger partial charge is 0.288 e. The molecule has 19 heavy (non-hydrogen) atoms. The van der Waals surface area contributed by atoms with Crippen LogP contribution in [-0.4, -0.2) is 27.6 Å². The van der Waals surface area contributed by atoms with E-state index in [1.807, 2.05) is 42.8 Å². The van der Waals surface area contributed by atoms with Crippen LogP contribution in [0.4, 0.5) is 0 Å². The number of carbonyl (C=O) groups is 1. The van der Waals surface area contributed by atoms with Crippen molar-refractivity contribution in [1.29, 1.82) is 0 Å². The Bertz CT molecular complexity index is 521. The van der Waals surface area contributed by atoms with Gasteiger partial charge in [-0.15, -0.1) is 23.5 Å². The minimum absolute atomic E-state index is 0.0255. The first-order chi connectivity index (χ1) is 9.17. The Balaban J connectivity index is 2.22. The van der Waals surface area contributed by atoms with Crippen LogP contribution >= 0.6 is 47.5 Å². The normalized spacial score (nSPS) is 15.3. The van der Waals surface area contributed by atoms with Gasteiger partial charge in [0, 0.05) is 0 Å². The Morgan fingerprint density at radius 3 is 2.47 bits per heavy atom. The fraction of sp³-hybridized carbons (Fsp3) is 0.231. The van der Waals surface area contributed by atoms with E-state index in [1.165, 1.54) is 11.8 Å². The zero-order valence-corrected chi connectivity index (χ0v) is 13.8. The van der Waals surface area contributed by atoms with Crippen molar-refractivity contribution < 1.29 is 4.79 Å². The molecule has 0 aliphatic carbocycles. The van der Waals surface area contributed by atoms with Crippen LogP contribution in [0.2, 0.25) is 0 Å². The highest BCUT2D eigenvalue weighted by atomic mass is 32.2. The summed E-state index contributed by atoms with van der Waals surface area (Å²) in [5.74, 6) is 0.0255. The van der Waals surface area contributed by atoms with Gasteiger partial charge in [-0.2, -0.15) is 0 Å². The van der Waals surface area contributed by atoms with Crippen LogP contribution in [0.1, 0.15) is 5.56 Å². The summed E-state index contributed by atoms with van der Waals surface area (Å²) in [7, 11) is 0. The standard InChI is InChI=1S/C13H13NOS4/c1-17-12(18-2)10-11(15)14(13(16)19-10)8-9-6-4-3-5-7-9/h3-7H,8H2,1-2H3. The summed E-state index contributed by atoms with van der Waals surface area (Å²) < 4.78 is 1.68. The fourth-order valence-corrected chi connectivity index (χ4v) is 4.76. The molecule has 0 N–H and O–H groups in total. The molecule has 0 saturated carbocycles. The third-order valence-electron chi connectivity index (χ3n) is 2.59. The molecule has 1 fully saturated rings. The van der Waals surface area contributed by atoms with Crippen LogP contribution in [0.15, 0.2) is 39.5 Å². The van der Waals surface area contributed by atoms with Gasteiger partial charge >= 0.3 is 0 Å². The predicted molar refractivity (Wildman–Crippen MR) is 91.2 cm³/mol. The van der Waals surface area contributed by atoms with Gasteiger partial charge in [-0.3, -0.25) is 9.69 Å². The zero-order chi connectivity index (χ0) is 13.8. The molecule has 1 heterocycles. The molecule has 100 valence electrons. The summed E-state index contributed by atoms with van der Waals surface area (Å²) in [6, 6.07) is 9.92. The lowest BCUT2D eigenvalue weighted by Gasteiger charge is -2.14. The molecule has 0 atom stereocenters. The van der Waals surface area contributed by atoms with Crippen molar-refractivity contribution in [3.63, 3.8) is 0 Å². The molecular formula is C13H13NOS4. The van der Waals surface area contributed by atoms with Gasteiger partial charge in [-0.25, -0.2) is 0 Å². The molecule has 0 spiro atoms. The number of thioether (sulfide) groups is 3. The molecule has 0 radical (unpaired) electrons. The third-order valence-corrected chi connectivity index (χ3v) is 6.45. The SMILES string of the molecule is CSC(SC)=C1SC(=S)N(Cc2ccccc2)C1=O. The fourth-order valence-electron chi connectivity index (χ4n) is 1.69. The number of hydrogen-bond acceptors (Lipinski definition) is 5. The van der Waals surface area contributed by atoms with Gasteiger partial charge < -0.3 is 0 Å². The summed E-state index contributed by atoms with van der Waals surface area (Å²) in [6.07, 6.45) is 3.96. The molecule has 1 saturated heterocycles. The number of hydrogen-bond donors (Lipinski definition) is 0. The molecule has 0 unspecified atom stereocenters. The number of carbonyl (C=O) groups excluding carboxylic acids is 1. The Kier molecular flexibility index (Phi) is 5.38. The number of amides is 1. The van der Waals surface area contributed by atoms with Crippen molar-refractivity contribution in [2.45, 2.75) is 6.54 Å². The van der Waals surface area contributed by atoms with Crippen molar-refractivity contribution in [2.24, 2.45) is 0 Å². The van der Waals surface area contributed by atoms with Crippen molar-refractivity contribution >= 4 is 57.7 Å². The highest BCUT2D eigenvalue weighted by Gasteiger charge is 2.34. The minimum atomic E-state index is 0.0255. The molecule has 1 aliphatic heterocycles. The lowest BCUT2D eigenvalue weighted by molar-refractivity contribution is -0.122. The van der Waals surface area contributed by atoms with E-state index >= 15 is 0 Å². The lowest BCUT2D eigenvalue weighted by Crippen LogP contribution is -2.27. The van der Waals surface area contributed by atoms with E-state index < -0.39 is 0 Å². The van der Waals surface area contributed by atoms with Crippen LogP contribution in [0.5, 0.6) is 0 Å². The van der Waals surface area contributed by atoms with Crippen molar-refractivity contribution in [2.75, 3.05) is 12.5 Å². The summed E-state index contributed by atoms with van der Waals surface area (Å²) in [4.78, 5) is 14.9. The number of nitrogens with zero attached hydrogens (tertiary/aromatic N) is 1. The smallest absolute Gasteiger partial charge is 0.268 e. The van der Waals surface area contributed by atoms with Gasteiger partial charge in [0.25, 0.3) is 5.91 Å². The van der Waals surface area contributed by atoms with Gasteiger partial charge in [-0.1, -0.05) is 54.3 Å². The monoisotopic (exact) mass is 327 g/mol. The van der Waals surface area contributed by atoms with E-state index in [2.05, 4.69) is 0 Å².